The van der Waals surface area contributed by atoms with Gasteiger partial charge in [0.25, 0.3) is 5.91 Å². The van der Waals surface area contributed by atoms with Crippen LogP contribution in [0.25, 0.3) is 10.8 Å². The average Bonchev–Trinajstić information content (AvgIpc) is 2.90. The molecule has 5 nitrogen and oxygen atoms in total. The van der Waals surface area contributed by atoms with Crippen LogP contribution in [-0.4, -0.2) is 30.1 Å². The van der Waals surface area contributed by atoms with Crippen molar-refractivity contribution in [3.05, 3.63) is 36.0 Å². The number of nitrogen functional groups attached to an aromatic ring is 1. The number of nitrogens with one attached hydrogen (secondary N) is 1. The Morgan fingerprint density at radius 2 is 2.29 bits per heavy atom. The normalized spacial score (nSPS) is 21.6. The molecule has 3 rings (SSSR count). The number of carbonyl (C=O) groups is 1. The van der Waals surface area contributed by atoms with Crippen LogP contribution in [-0.2, 0) is 4.74 Å². The highest BCUT2D eigenvalue weighted by Gasteiger charge is 2.24. The van der Waals surface area contributed by atoms with Gasteiger partial charge in [0, 0.05) is 24.5 Å². The Morgan fingerprint density at radius 1 is 1.48 bits per heavy atom. The van der Waals surface area contributed by atoms with Gasteiger partial charge in [0.05, 0.1) is 6.10 Å². The third-order valence-electron chi connectivity index (χ3n) is 4.06. The van der Waals surface area contributed by atoms with E-state index >= 15 is 0 Å². The summed E-state index contributed by atoms with van der Waals surface area (Å²) in [7, 11) is 0. The molecular weight excluding hydrogens is 266 g/mol. The summed E-state index contributed by atoms with van der Waals surface area (Å²) in [5.41, 5.74) is 6.28. The van der Waals surface area contributed by atoms with Crippen LogP contribution in [0.1, 0.15) is 23.8 Å². The van der Waals surface area contributed by atoms with Gasteiger partial charge in [-0.3, -0.25) is 4.79 Å². The lowest BCUT2D eigenvalue weighted by atomic mass is 10.0. The molecule has 1 fully saturated rings. The summed E-state index contributed by atoms with van der Waals surface area (Å²) < 4.78 is 5.49. The third kappa shape index (κ3) is 2.83. The lowest BCUT2D eigenvalue weighted by molar-refractivity contribution is 0.0903. The fourth-order valence-corrected chi connectivity index (χ4v) is 2.70. The lowest BCUT2D eigenvalue weighted by Crippen LogP contribution is -2.32. The average molecular weight is 285 g/mol. The molecule has 0 aliphatic carbocycles. The van der Waals surface area contributed by atoms with Crippen molar-refractivity contribution in [3.8, 4) is 0 Å². The van der Waals surface area contributed by atoms with Crippen LogP contribution in [0.5, 0.6) is 0 Å². The van der Waals surface area contributed by atoms with E-state index in [4.69, 9.17) is 10.5 Å². The van der Waals surface area contributed by atoms with Crippen molar-refractivity contribution < 1.29 is 9.53 Å². The van der Waals surface area contributed by atoms with E-state index in [1.165, 1.54) is 0 Å². The number of aromatic nitrogens is 1. The fraction of sp³-hybridized carbons (Fsp3) is 0.375. The van der Waals surface area contributed by atoms with Crippen LogP contribution in [0, 0.1) is 5.92 Å². The number of anilines is 1. The van der Waals surface area contributed by atoms with Crippen molar-refractivity contribution >= 4 is 22.5 Å². The minimum absolute atomic E-state index is 0.188. The van der Waals surface area contributed by atoms with Crippen LogP contribution in [0.15, 0.2) is 30.3 Å². The van der Waals surface area contributed by atoms with Gasteiger partial charge in [-0.15, -0.1) is 0 Å². The van der Waals surface area contributed by atoms with Gasteiger partial charge >= 0.3 is 0 Å². The molecule has 1 aromatic carbocycles. The lowest BCUT2D eigenvalue weighted by Gasteiger charge is -2.14. The first-order valence-corrected chi connectivity index (χ1v) is 7.20. The molecule has 0 saturated carbocycles. The second kappa shape index (κ2) is 5.69. The van der Waals surface area contributed by atoms with E-state index < -0.39 is 0 Å². The van der Waals surface area contributed by atoms with Gasteiger partial charge in [-0.1, -0.05) is 24.3 Å². The van der Waals surface area contributed by atoms with Gasteiger partial charge in [-0.25, -0.2) is 4.98 Å². The number of amides is 1. The summed E-state index contributed by atoms with van der Waals surface area (Å²) in [4.78, 5) is 16.4. The van der Waals surface area contributed by atoms with Crippen molar-refractivity contribution in [1.29, 1.82) is 0 Å². The summed E-state index contributed by atoms with van der Waals surface area (Å²) in [6.07, 6.45) is 1.18. The van der Waals surface area contributed by atoms with E-state index in [1.54, 1.807) is 6.07 Å². The first-order chi connectivity index (χ1) is 10.1. The molecule has 2 atom stereocenters. The minimum atomic E-state index is -0.188. The number of nitrogens with zero attached hydrogens (tertiary/aromatic N) is 1. The zero-order valence-corrected chi connectivity index (χ0v) is 12.0. The number of benzene rings is 1. The Balaban J connectivity index is 1.75. The van der Waals surface area contributed by atoms with Crippen molar-refractivity contribution in [1.82, 2.24) is 10.3 Å². The summed E-state index contributed by atoms with van der Waals surface area (Å²) in [6, 6.07) is 9.42. The summed E-state index contributed by atoms with van der Waals surface area (Å²) in [5.74, 6) is 0.564. The first-order valence-electron chi connectivity index (χ1n) is 7.20. The highest BCUT2D eigenvalue weighted by molar-refractivity contribution is 5.99. The van der Waals surface area contributed by atoms with Crippen LogP contribution < -0.4 is 11.1 Å². The van der Waals surface area contributed by atoms with Gasteiger partial charge in [-0.2, -0.15) is 0 Å². The molecule has 2 unspecified atom stereocenters. The molecule has 2 heterocycles. The first kappa shape index (κ1) is 13.8. The number of ether oxygens (including phenoxy) is 1. The quantitative estimate of drug-likeness (QED) is 0.904. The van der Waals surface area contributed by atoms with E-state index in [0.29, 0.717) is 24.0 Å². The molecule has 1 aliphatic heterocycles. The molecule has 0 bridgehead atoms. The second-order valence-electron chi connectivity index (χ2n) is 5.45. The Morgan fingerprint density at radius 3 is 3.05 bits per heavy atom. The molecule has 0 radical (unpaired) electrons. The Hall–Kier alpha value is -2.14. The number of carbonyl (C=O) groups excluding carboxylic acids is 1. The largest absolute Gasteiger partial charge is 0.383 e. The van der Waals surface area contributed by atoms with Gasteiger partial charge in [0.1, 0.15) is 11.5 Å². The zero-order chi connectivity index (χ0) is 14.8. The summed E-state index contributed by atoms with van der Waals surface area (Å²) >= 11 is 0. The van der Waals surface area contributed by atoms with E-state index in [2.05, 4.69) is 10.3 Å². The van der Waals surface area contributed by atoms with Crippen molar-refractivity contribution in [2.45, 2.75) is 19.4 Å². The number of hydrogen-bond acceptors (Lipinski definition) is 4. The van der Waals surface area contributed by atoms with Crippen LogP contribution in [0.3, 0.4) is 0 Å². The Labute approximate surface area is 123 Å². The Bertz CT molecular complexity index is 672. The SMILES string of the molecule is CC1OCCC1CNC(=O)c1cc2ccccc2c(N)n1. The number of rotatable bonds is 3. The number of hydrogen-bond donors (Lipinski definition) is 2. The maximum atomic E-state index is 12.2. The smallest absolute Gasteiger partial charge is 0.270 e. The van der Waals surface area contributed by atoms with E-state index in [9.17, 15) is 4.79 Å². The van der Waals surface area contributed by atoms with Gasteiger partial charge in [0.2, 0.25) is 0 Å². The van der Waals surface area contributed by atoms with Gasteiger partial charge in [-0.05, 0) is 24.8 Å². The van der Waals surface area contributed by atoms with Crippen LogP contribution in [0.2, 0.25) is 0 Å². The maximum absolute atomic E-state index is 12.2. The molecule has 0 spiro atoms. The molecular formula is C16H19N3O2. The third-order valence-corrected chi connectivity index (χ3v) is 4.06. The van der Waals surface area contributed by atoms with Gasteiger partial charge < -0.3 is 15.8 Å². The molecule has 1 aliphatic rings. The minimum Gasteiger partial charge on any atom is -0.383 e. The predicted octanol–water partition coefficient (Wildman–Crippen LogP) is 1.97. The summed E-state index contributed by atoms with van der Waals surface area (Å²) in [5, 5.41) is 4.72. The number of pyridine rings is 1. The fourth-order valence-electron chi connectivity index (χ4n) is 2.70. The molecule has 2 aromatic rings. The molecule has 1 saturated heterocycles. The monoisotopic (exact) mass is 285 g/mol. The molecule has 1 aromatic heterocycles. The standard InChI is InChI=1S/C16H19N3O2/c1-10-12(6-7-21-10)9-18-16(20)14-8-11-4-2-3-5-13(11)15(17)19-14/h2-5,8,10,12H,6-7,9H2,1H3,(H2,17,19)(H,18,20). The van der Waals surface area contributed by atoms with Crippen molar-refractivity contribution in [3.63, 3.8) is 0 Å². The predicted molar refractivity (Wildman–Crippen MR) is 82.0 cm³/mol. The van der Waals surface area contributed by atoms with Crippen molar-refractivity contribution in [2.75, 3.05) is 18.9 Å². The molecule has 1 amide bonds. The van der Waals surface area contributed by atoms with E-state index in [-0.39, 0.29) is 12.0 Å². The molecule has 5 heteroatoms. The maximum Gasteiger partial charge on any atom is 0.270 e. The zero-order valence-electron chi connectivity index (χ0n) is 12.0. The van der Waals surface area contributed by atoms with Crippen LogP contribution in [0.4, 0.5) is 5.82 Å². The van der Waals surface area contributed by atoms with E-state index in [1.807, 2.05) is 31.2 Å². The van der Waals surface area contributed by atoms with Crippen LogP contribution >= 0.6 is 0 Å². The highest BCUT2D eigenvalue weighted by Crippen LogP contribution is 2.21. The number of nitrogens with two attached hydrogens (primary N) is 1. The topological polar surface area (TPSA) is 77.2 Å². The van der Waals surface area contributed by atoms with E-state index in [0.717, 1.165) is 23.8 Å². The van der Waals surface area contributed by atoms with Gasteiger partial charge in [0.15, 0.2) is 0 Å². The number of fused-ring (bicyclic) bond motifs is 1. The van der Waals surface area contributed by atoms with Crippen molar-refractivity contribution in [2.24, 2.45) is 5.92 Å². The highest BCUT2D eigenvalue weighted by atomic mass is 16.5. The second-order valence-corrected chi connectivity index (χ2v) is 5.45. The molecule has 3 N–H and O–H groups in total. The summed E-state index contributed by atoms with van der Waals surface area (Å²) in [6.45, 7) is 3.41. The molecule has 21 heavy (non-hydrogen) atoms. The molecule has 110 valence electrons. The Kier molecular flexibility index (Phi) is 3.75.